The van der Waals surface area contributed by atoms with E-state index in [1.54, 1.807) is 0 Å². The number of nitrogens with one attached hydrogen (secondary N) is 1. The van der Waals surface area contributed by atoms with Crippen LogP contribution in [0.15, 0.2) is 0 Å². The van der Waals surface area contributed by atoms with Crippen LogP contribution in [0.5, 0.6) is 0 Å². The Bertz CT molecular complexity index is 62.1. The predicted molar refractivity (Wildman–Crippen MR) is 35.2 cm³/mol. The Morgan fingerprint density at radius 1 is 1.67 bits per heavy atom. The molecule has 0 spiro atoms. The first-order valence-electron chi connectivity index (χ1n) is 3.24. The van der Waals surface area contributed by atoms with Crippen molar-refractivity contribution in [1.29, 1.82) is 0 Å². The molecule has 0 aromatic rings. The molecule has 1 saturated heterocycles. The van der Waals surface area contributed by atoms with Crippen LogP contribution in [0, 0.1) is 0 Å². The van der Waals surface area contributed by atoms with Gasteiger partial charge in [-0.2, -0.15) is 0 Å². The van der Waals surface area contributed by atoms with Crippen molar-refractivity contribution in [3.8, 4) is 0 Å². The largest absolute Gasteiger partial charge is 1.00 e. The number of hydrogen-bond acceptors (Lipinski definition) is 1. The molecule has 0 aromatic carbocycles. The first kappa shape index (κ1) is 10.6. The zero-order valence-electron chi connectivity index (χ0n) is 6.35. The maximum Gasteiger partial charge on any atom is 1.00 e. The molecule has 0 bridgehead atoms. The fourth-order valence-electron chi connectivity index (χ4n) is 1.09. The van der Waals surface area contributed by atoms with E-state index in [1.165, 1.54) is 12.8 Å². The van der Waals surface area contributed by atoms with Crippen molar-refractivity contribution < 1.29 is 51.4 Å². The molecule has 0 saturated carbocycles. The van der Waals surface area contributed by atoms with Crippen LogP contribution >= 0.6 is 0 Å². The van der Waals surface area contributed by atoms with Gasteiger partial charge in [-0.1, -0.05) is 12.8 Å². The number of likely N-dealkylation sites (N-methyl/N-ethyl adjacent to an activating group) is 1. The van der Waals surface area contributed by atoms with Crippen LogP contribution < -0.4 is 56.7 Å². The summed E-state index contributed by atoms with van der Waals surface area (Å²) in [5.74, 6) is 0. The molecule has 1 fully saturated rings. The van der Waals surface area contributed by atoms with E-state index >= 15 is 0 Å². The summed E-state index contributed by atoms with van der Waals surface area (Å²) in [5.41, 5.74) is 0. The van der Waals surface area contributed by atoms with Crippen molar-refractivity contribution in [3.05, 3.63) is 5.32 Å². The second-order valence-electron chi connectivity index (χ2n) is 2.26. The molecule has 9 heavy (non-hydrogen) atoms. The summed E-state index contributed by atoms with van der Waals surface area (Å²) in [5, 5.41) is 7.48. The van der Waals surface area contributed by atoms with E-state index < -0.39 is 0 Å². The normalized spacial score (nSPS) is 25.7. The van der Waals surface area contributed by atoms with Gasteiger partial charge in [0.1, 0.15) is 0 Å². The Morgan fingerprint density at radius 2 is 2.44 bits per heavy atom. The van der Waals surface area contributed by atoms with Gasteiger partial charge in [-0.15, -0.1) is 12.6 Å². The van der Waals surface area contributed by atoms with E-state index in [2.05, 4.69) is 10.6 Å². The molecular formula is C6H13KN2. The van der Waals surface area contributed by atoms with Gasteiger partial charge in [0.15, 0.2) is 0 Å². The van der Waals surface area contributed by atoms with E-state index in [1.807, 2.05) is 7.05 Å². The second kappa shape index (κ2) is 6.28. The van der Waals surface area contributed by atoms with E-state index in [-0.39, 0.29) is 51.4 Å². The third-order valence-electron chi connectivity index (χ3n) is 1.52. The van der Waals surface area contributed by atoms with Crippen LogP contribution in [0.25, 0.3) is 5.32 Å². The minimum Gasteiger partial charge on any atom is -0.658 e. The van der Waals surface area contributed by atoms with Crippen LogP contribution in [0.2, 0.25) is 0 Å². The van der Waals surface area contributed by atoms with E-state index in [0.29, 0.717) is 6.04 Å². The van der Waals surface area contributed by atoms with Gasteiger partial charge in [0.05, 0.1) is 0 Å². The number of hydrogen-bond donors (Lipinski definition) is 1. The van der Waals surface area contributed by atoms with Crippen molar-refractivity contribution >= 4 is 0 Å². The monoisotopic (exact) mass is 152 g/mol. The topological polar surface area (TPSA) is 26.1 Å². The van der Waals surface area contributed by atoms with Crippen LogP contribution in [-0.2, 0) is 0 Å². The first-order valence-corrected chi connectivity index (χ1v) is 3.24. The second-order valence-corrected chi connectivity index (χ2v) is 2.26. The zero-order chi connectivity index (χ0) is 5.82. The smallest absolute Gasteiger partial charge is 0.658 e. The summed E-state index contributed by atoms with van der Waals surface area (Å²) in [6.07, 6.45) is 2.59. The van der Waals surface area contributed by atoms with Crippen molar-refractivity contribution in [2.75, 3.05) is 20.1 Å². The van der Waals surface area contributed by atoms with Gasteiger partial charge in [-0.05, 0) is 13.6 Å². The molecule has 1 heterocycles. The van der Waals surface area contributed by atoms with E-state index in [9.17, 15) is 0 Å². The number of nitrogens with zero attached hydrogens (tertiary/aromatic N) is 1. The summed E-state index contributed by atoms with van der Waals surface area (Å²) >= 11 is 0. The molecular weight excluding hydrogens is 139 g/mol. The SMILES string of the molecule is CNCC1CCC[N-]1.[K+]. The molecule has 0 aromatic heterocycles. The maximum atomic E-state index is 4.36. The summed E-state index contributed by atoms with van der Waals surface area (Å²) in [6.45, 7) is 2.16. The maximum absolute atomic E-state index is 4.36. The molecule has 2 nitrogen and oxygen atoms in total. The fourth-order valence-corrected chi connectivity index (χ4v) is 1.09. The number of rotatable bonds is 2. The average Bonchev–Trinajstić information content (AvgIpc) is 2.19. The van der Waals surface area contributed by atoms with Crippen LogP contribution in [-0.4, -0.2) is 26.2 Å². The molecule has 48 valence electrons. The van der Waals surface area contributed by atoms with Gasteiger partial charge in [0, 0.05) is 0 Å². The Hall–Kier alpha value is 1.56. The average molecular weight is 152 g/mol. The summed E-state index contributed by atoms with van der Waals surface area (Å²) in [4.78, 5) is 0. The van der Waals surface area contributed by atoms with Gasteiger partial charge in [0.2, 0.25) is 0 Å². The van der Waals surface area contributed by atoms with E-state index in [4.69, 9.17) is 0 Å². The van der Waals surface area contributed by atoms with Crippen molar-refractivity contribution in [3.63, 3.8) is 0 Å². The van der Waals surface area contributed by atoms with Gasteiger partial charge < -0.3 is 10.6 Å². The molecule has 0 aliphatic carbocycles. The predicted octanol–water partition coefficient (Wildman–Crippen LogP) is -2.25. The standard InChI is InChI=1S/C6H13N2.K/c1-7-5-6-3-2-4-8-6;/h6-7H,2-5H2,1H3;/q-1;+1. The fraction of sp³-hybridized carbons (Fsp3) is 1.00. The Labute approximate surface area is 99.6 Å². The third-order valence-corrected chi connectivity index (χ3v) is 1.52. The van der Waals surface area contributed by atoms with Gasteiger partial charge in [0.25, 0.3) is 0 Å². The first-order chi connectivity index (χ1) is 3.93. The molecule has 0 radical (unpaired) electrons. The zero-order valence-corrected chi connectivity index (χ0v) is 9.48. The van der Waals surface area contributed by atoms with E-state index in [0.717, 1.165) is 13.1 Å². The Morgan fingerprint density at radius 3 is 2.89 bits per heavy atom. The minimum atomic E-state index is 0. The molecule has 3 heteroatoms. The van der Waals surface area contributed by atoms with Crippen LogP contribution in [0.3, 0.4) is 0 Å². The quantitative estimate of drug-likeness (QED) is 0.444. The van der Waals surface area contributed by atoms with Gasteiger partial charge in [-0.25, -0.2) is 0 Å². The molecule has 1 unspecified atom stereocenters. The molecule has 1 N–H and O–H groups in total. The molecule has 0 amide bonds. The van der Waals surface area contributed by atoms with Crippen molar-refractivity contribution in [2.24, 2.45) is 0 Å². The Kier molecular flexibility index (Phi) is 7.36. The summed E-state index contributed by atoms with van der Waals surface area (Å²) < 4.78 is 0. The Balaban J connectivity index is 0.000000640. The molecule has 1 aliphatic heterocycles. The third kappa shape index (κ3) is 4.09. The summed E-state index contributed by atoms with van der Waals surface area (Å²) in [6, 6.07) is 0.625. The van der Waals surface area contributed by atoms with Gasteiger partial charge >= 0.3 is 51.4 Å². The van der Waals surface area contributed by atoms with Crippen molar-refractivity contribution in [2.45, 2.75) is 18.9 Å². The molecule has 1 rings (SSSR count). The van der Waals surface area contributed by atoms with Crippen LogP contribution in [0.1, 0.15) is 12.8 Å². The molecule has 1 aliphatic rings. The van der Waals surface area contributed by atoms with Crippen LogP contribution in [0.4, 0.5) is 0 Å². The molecule has 1 atom stereocenters. The summed E-state index contributed by atoms with van der Waals surface area (Å²) in [7, 11) is 1.98. The van der Waals surface area contributed by atoms with Gasteiger partial charge in [-0.3, -0.25) is 0 Å². The minimum absolute atomic E-state index is 0. The van der Waals surface area contributed by atoms with Crippen molar-refractivity contribution in [1.82, 2.24) is 5.32 Å².